The van der Waals surface area contributed by atoms with Crippen LogP contribution in [0.3, 0.4) is 0 Å². The van der Waals surface area contributed by atoms with Gasteiger partial charge in [0.05, 0.1) is 18.3 Å². The molecule has 0 aliphatic carbocycles. The molecule has 0 unspecified atom stereocenters. The highest BCUT2D eigenvalue weighted by Gasteiger charge is 2.52. The third-order valence-electron chi connectivity index (χ3n) is 5.39. The molecule has 0 bridgehead atoms. The van der Waals surface area contributed by atoms with E-state index in [0.717, 1.165) is 28.1 Å². The van der Waals surface area contributed by atoms with Crippen molar-refractivity contribution in [2.75, 3.05) is 7.11 Å². The molecule has 0 spiro atoms. The molecule has 3 rings (SSSR count). The second-order valence-corrected chi connectivity index (χ2v) is 8.29. The van der Waals surface area contributed by atoms with Gasteiger partial charge in [0.1, 0.15) is 18.1 Å². The lowest BCUT2D eigenvalue weighted by molar-refractivity contribution is 0.00578. The first kappa shape index (κ1) is 20.1. The Morgan fingerprint density at radius 1 is 1.00 bits per heavy atom. The van der Waals surface area contributed by atoms with Crippen molar-refractivity contribution in [2.24, 2.45) is 0 Å². The molecule has 0 aromatic heterocycles. The van der Waals surface area contributed by atoms with Crippen molar-refractivity contribution >= 4 is 24.2 Å². The summed E-state index contributed by atoms with van der Waals surface area (Å²) in [6.45, 7) is 10.6. The van der Waals surface area contributed by atoms with Crippen molar-refractivity contribution in [2.45, 2.75) is 52.4 Å². The molecule has 1 heterocycles. The number of benzene rings is 2. The van der Waals surface area contributed by atoms with Gasteiger partial charge in [-0.3, -0.25) is 0 Å². The zero-order valence-electron chi connectivity index (χ0n) is 16.8. The van der Waals surface area contributed by atoms with E-state index >= 15 is 0 Å². The van der Waals surface area contributed by atoms with Gasteiger partial charge in [0.25, 0.3) is 0 Å². The van der Waals surface area contributed by atoms with Gasteiger partial charge in [0.2, 0.25) is 0 Å². The lowest BCUT2D eigenvalue weighted by Crippen LogP contribution is -2.41. The number of methoxy groups -OCH3 is 1. The summed E-state index contributed by atoms with van der Waals surface area (Å²) in [5.41, 5.74) is 2.26. The van der Waals surface area contributed by atoms with Crippen LogP contribution in [0.2, 0.25) is 5.02 Å². The van der Waals surface area contributed by atoms with Gasteiger partial charge in [-0.1, -0.05) is 17.7 Å². The van der Waals surface area contributed by atoms with Gasteiger partial charge in [0.15, 0.2) is 0 Å². The van der Waals surface area contributed by atoms with E-state index in [-0.39, 0.29) is 18.3 Å². The fraction of sp³-hybridized carbons (Fsp3) is 0.429. The van der Waals surface area contributed by atoms with Crippen molar-refractivity contribution in [1.29, 1.82) is 0 Å². The maximum atomic E-state index is 6.15. The number of aryl methyl sites for hydroxylation is 1. The molecular weight excluding hydrogens is 362 g/mol. The molecule has 1 aliphatic heterocycles. The van der Waals surface area contributed by atoms with Gasteiger partial charge in [-0.15, -0.1) is 0 Å². The Morgan fingerprint density at radius 3 is 2.26 bits per heavy atom. The van der Waals surface area contributed by atoms with Gasteiger partial charge in [-0.2, -0.15) is 0 Å². The van der Waals surface area contributed by atoms with E-state index in [9.17, 15) is 0 Å². The van der Waals surface area contributed by atoms with E-state index < -0.39 is 0 Å². The summed E-state index contributed by atoms with van der Waals surface area (Å²) >= 11 is 6.08. The quantitative estimate of drug-likeness (QED) is 0.705. The van der Waals surface area contributed by atoms with E-state index in [1.807, 2.05) is 37.3 Å². The largest absolute Gasteiger partial charge is 0.496 e. The number of halogens is 1. The molecule has 6 heteroatoms. The summed E-state index contributed by atoms with van der Waals surface area (Å²) in [5.74, 6) is 1.53. The molecule has 144 valence electrons. The van der Waals surface area contributed by atoms with Gasteiger partial charge in [-0.05, 0) is 76.0 Å². The lowest BCUT2D eigenvalue weighted by atomic mass is 9.76. The Balaban J connectivity index is 1.74. The van der Waals surface area contributed by atoms with Crippen LogP contribution in [-0.4, -0.2) is 25.4 Å². The molecule has 0 amide bonds. The summed E-state index contributed by atoms with van der Waals surface area (Å²) in [4.78, 5) is 0. The van der Waals surface area contributed by atoms with Crippen LogP contribution in [0.15, 0.2) is 36.4 Å². The number of hydrogen-bond donors (Lipinski definition) is 0. The van der Waals surface area contributed by atoms with E-state index in [2.05, 4.69) is 27.7 Å². The maximum Gasteiger partial charge on any atom is 0.495 e. The average Bonchev–Trinajstić information content (AvgIpc) is 2.80. The first-order valence-corrected chi connectivity index (χ1v) is 9.42. The van der Waals surface area contributed by atoms with E-state index in [1.54, 1.807) is 13.2 Å². The van der Waals surface area contributed by atoms with Crippen LogP contribution in [-0.2, 0) is 15.9 Å². The summed E-state index contributed by atoms with van der Waals surface area (Å²) in [6, 6.07) is 11.4. The van der Waals surface area contributed by atoms with E-state index in [0.29, 0.717) is 11.6 Å². The second-order valence-electron chi connectivity index (χ2n) is 7.85. The highest BCUT2D eigenvalue weighted by Crippen LogP contribution is 2.36. The Labute approximate surface area is 166 Å². The third kappa shape index (κ3) is 4.10. The fourth-order valence-corrected chi connectivity index (χ4v) is 3.19. The molecule has 4 nitrogen and oxygen atoms in total. The molecule has 2 aromatic rings. The second kappa shape index (κ2) is 7.38. The van der Waals surface area contributed by atoms with Crippen LogP contribution in [0.5, 0.6) is 11.5 Å². The van der Waals surface area contributed by atoms with Crippen LogP contribution in [0.1, 0.15) is 38.8 Å². The molecule has 1 aliphatic rings. The molecule has 27 heavy (non-hydrogen) atoms. The number of hydrogen-bond acceptors (Lipinski definition) is 4. The average molecular weight is 389 g/mol. The van der Waals surface area contributed by atoms with Crippen LogP contribution in [0.4, 0.5) is 0 Å². The highest BCUT2D eigenvalue weighted by atomic mass is 35.5. The van der Waals surface area contributed by atoms with Crippen molar-refractivity contribution in [1.82, 2.24) is 0 Å². The predicted molar refractivity (Wildman–Crippen MR) is 109 cm³/mol. The first-order chi connectivity index (χ1) is 12.6. The summed E-state index contributed by atoms with van der Waals surface area (Å²) in [7, 11) is 1.26. The van der Waals surface area contributed by atoms with Crippen molar-refractivity contribution in [3.8, 4) is 11.5 Å². The topological polar surface area (TPSA) is 36.9 Å². The van der Waals surface area contributed by atoms with Crippen molar-refractivity contribution in [3.05, 3.63) is 52.5 Å². The van der Waals surface area contributed by atoms with Crippen LogP contribution >= 0.6 is 11.6 Å². The number of ether oxygens (including phenoxy) is 2. The molecule has 2 aromatic carbocycles. The smallest absolute Gasteiger partial charge is 0.495 e. The zero-order chi connectivity index (χ0) is 19.8. The third-order valence-corrected chi connectivity index (χ3v) is 5.62. The minimum Gasteiger partial charge on any atom is -0.496 e. The maximum absolute atomic E-state index is 6.15. The van der Waals surface area contributed by atoms with Crippen LogP contribution < -0.4 is 14.9 Å². The van der Waals surface area contributed by atoms with Crippen molar-refractivity contribution in [3.63, 3.8) is 0 Å². The highest BCUT2D eigenvalue weighted by molar-refractivity contribution is 6.62. The Bertz CT molecular complexity index is 819. The monoisotopic (exact) mass is 388 g/mol. The van der Waals surface area contributed by atoms with E-state index in [1.165, 1.54) is 0 Å². The van der Waals surface area contributed by atoms with Gasteiger partial charge in [0, 0.05) is 10.6 Å². The zero-order valence-corrected chi connectivity index (χ0v) is 17.5. The van der Waals surface area contributed by atoms with E-state index in [4.69, 9.17) is 30.4 Å². The summed E-state index contributed by atoms with van der Waals surface area (Å²) < 4.78 is 23.6. The fourth-order valence-electron chi connectivity index (χ4n) is 2.99. The minimum absolute atomic E-state index is 0.359. The SMILES string of the molecule is COc1ccc(Cl)cc1COc1ccc(B2OC(C)(C)C(C)(C)O2)c(C)c1. The van der Waals surface area contributed by atoms with Crippen LogP contribution in [0.25, 0.3) is 0 Å². The molecule has 1 fully saturated rings. The van der Waals surface area contributed by atoms with Gasteiger partial charge < -0.3 is 18.8 Å². The predicted octanol–water partition coefficient (Wildman–Crippen LogP) is 4.54. The first-order valence-electron chi connectivity index (χ1n) is 9.04. The standard InChI is InChI=1S/C21H26BClO4/c1-14-11-17(25-13-15-12-16(23)7-10-19(15)24-6)8-9-18(14)22-26-20(2,3)21(4,5)27-22/h7-12H,13H2,1-6H3. The summed E-state index contributed by atoms with van der Waals surface area (Å²) in [5, 5.41) is 0.654. The molecule has 0 N–H and O–H groups in total. The molecule has 0 atom stereocenters. The molecule has 1 saturated heterocycles. The lowest BCUT2D eigenvalue weighted by Gasteiger charge is -2.32. The Kier molecular flexibility index (Phi) is 5.48. The molecule has 0 saturated carbocycles. The minimum atomic E-state index is -0.378. The van der Waals surface area contributed by atoms with Crippen molar-refractivity contribution < 1.29 is 18.8 Å². The number of rotatable bonds is 5. The Hall–Kier alpha value is -1.69. The Morgan fingerprint density at radius 2 is 1.67 bits per heavy atom. The van der Waals surface area contributed by atoms with Crippen LogP contribution in [0, 0.1) is 6.92 Å². The molecule has 0 radical (unpaired) electrons. The molecular formula is C21H26BClO4. The van der Waals surface area contributed by atoms with Gasteiger partial charge >= 0.3 is 7.12 Å². The summed E-state index contributed by atoms with van der Waals surface area (Å²) in [6.07, 6.45) is 0. The normalized spacial score (nSPS) is 17.8. The van der Waals surface area contributed by atoms with Gasteiger partial charge in [-0.25, -0.2) is 0 Å².